The van der Waals surface area contributed by atoms with Crippen LogP contribution in [0.4, 0.5) is 0 Å². The fourth-order valence-corrected chi connectivity index (χ4v) is 6.77. The summed E-state index contributed by atoms with van der Waals surface area (Å²) in [6, 6.07) is 19.9. The fraction of sp³-hybridized carbons (Fsp3) is 0.290. The number of ether oxygens (including phenoxy) is 2. The van der Waals surface area contributed by atoms with Gasteiger partial charge in [0.05, 0.1) is 24.0 Å². The number of sulfone groups is 1. The number of hydrogen-bond acceptors (Lipinski definition) is 6. The predicted octanol–water partition coefficient (Wildman–Crippen LogP) is 7.50. The highest BCUT2D eigenvalue weighted by molar-refractivity contribution is 7.90. The van der Waals surface area contributed by atoms with Crippen LogP contribution in [0.15, 0.2) is 66.0 Å². The van der Waals surface area contributed by atoms with Crippen molar-refractivity contribution in [3.05, 3.63) is 82.7 Å². The Bertz CT molecular complexity index is 1660. The number of benzene rings is 3. The van der Waals surface area contributed by atoms with E-state index in [0.717, 1.165) is 44.7 Å². The van der Waals surface area contributed by atoms with Crippen LogP contribution in [0.3, 0.4) is 0 Å². The molecule has 1 aromatic heterocycles. The first-order chi connectivity index (χ1) is 19.1. The van der Waals surface area contributed by atoms with Gasteiger partial charge in [-0.2, -0.15) is 0 Å². The Labute approximate surface area is 243 Å². The maximum absolute atomic E-state index is 11.3. The second kappa shape index (κ2) is 13.3. The van der Waals surface area contributed by atoms with Gasteiger partial charge in [0.15, 0.2) is 0 Å². The maximum Gasteiger partial charge on any atom is 0.305 e. The summed E-state index contributed by atoms with van der Waals surface area (Å²) < 4.78 is 35.7. The maximum atomic E-state index is 11.3. The molecular formula is C31H32O6S3. The minimum Gasteiger partial charge on any atom is -0.494 e. The van der Waals surface area contributed by atoms with Crippen molar-refractivity contribution >= 4 is 48.4 Å². The average molecular weight is 597 g/mol. The molecule has 0 bridgehead atoms. The van der Waals surface area contributed by atoms with Crippen LogP contribution in [0.25, 0.3) is 21.2 Å². The second-order valence-corrected chi connectivity index (χ2v) is 13.9. The molecule has 0 aliphatic rings. The first kappa shape index (κ1) is 29.6. The lowest BCUT2D eigenvalue weighted by atomic mass is 9.99. The normalized spacial score (nSPS) is 12.1. The van der Waals surface area contributed by atoms with Crippen molar-refractivity contribution in [3.8, 4) is 27.8 Å². The molecule has 0 saturated carbocycles. The SMILES string of the molecule is CC#S[C@@H](CC(=O)O)c1ccc(OCc2ccc3scc(-c4ccc(OCCCS(C)(=O)=O)cc4C)c3c2)cc1. The summed E-state index contributed by atoms with van der Waals surface area (Å²) in [4.78, 5) is 11.2. The Kier molecular flexibility index (Phi) is 9.87. The molecule has 0 aliphatic carbocycles. The molecule has 4 aromatic rings. The number of hydrogen-bond donors (Lipinski definition) is 1. The first-order valence-electron chi connectivity index (χ1n) is 12.8. The van der Waals surface area contributed by atoms with Gasteiger partial charge in [-0.05, 0) is 84.3 Å². The number of thiophene rings is 1. The summed E-state index contributed by atoms with van der Waals surface area (Å²) in [7, 11) is -2.99. The lowest BCUT2D eigenvalue weighted by Crippen LogP contribution is -2.08. The molecule has 1 atom stereocenters. The van der Waals surface area contributed by atoms with Crippen LogP contribution in [0.5, 0.6) is 11.5 Å². The molecule has 0 unspecified atom stereocenters. The van der Waals surface area contributed by atoms with Gasteiger partial charge >= 0.3 is 5.97 Å². The van der Waals surface area contributed by atoms with E-state index in [1.54, 1.807) is 18.3 Å². The summed E-state index contributed by atoms with van der Waals surface area (Å²) in [6.45, 7) is 4.60. The molecule has 0 radical (unpaired) electrons. The van der Waals surface area contributed by atoms with E-state index in [-0.39, 0.29) is 17.4 Å². The van der Waals surface area contributed by atoms with E-state index >= 15 is 0 Å². The molecule has 6 nitrogen and oxygen atoms in total. The topological polar surface area (TPSA) is 89.9 Å². The van der Waals surface area contributed by atoms with Crippen molar-refractivity contribution in [3.63, 3.8) is 0 Å². The molecule has 0 amide bonds. The number of fused-ring (bicyclic) bond motifs is 1. The monoisotopic (exact) mass is 596 g/mol. The third-order valence-electron chi connectivity index (χ3n) is 6.33. The van der Waals surface area contributed by atoms with Gasteiger partial charge in [-0.25, -0.2) is 8.42 Å². The highest BCUT2D eigenvalue weighted by Crippen LogP contribution is 2.37. The van der Waals surface area contributed by atoms with Crippen LogP contribution in [0.2, 0.25) is 0 Å². The lowest BCUT2D eigenvalue weighted by Gasteiger charge is -2.12. The van der Waals surface area contributed by atoms with Gasteiger partial charge in [0.1, 0.15) is 27.9 Å². The zero-order valence-electron chi connectivity index (χ0n) is 22.7. The minimum atomic E-state index is -2.99. The summed E-state index contributed by atoms with van der Waals surface area (Å²) in [5.41, 5.74) is 5.34. The molecule has 0 saturated heterocycles. The quantitative estimate of drug-likeness (QED) is 0.170. The van der Waals surface area contributed by atoms with Crippen molar-refractivity contribution in [2.24, 2.45) is 0 Å². The van der Waals surface area contributed by atoms with Gasteiger partial charge in [0, 0.05) is 21.9 Å². The third kappa shape index (κ3) is 8.08. The van der Waals surface area contributed by atoms with E-state index in [4.69, 9.17) is 9.47 Å². The molecule has 4 rings (SSSR count). The Balaban J connectivity index is 1.44. The standard InChI is InChI=1S/C31H32O6S3/c1-4-38-30(18-31(32)33)23-7-9-24(10-8-23)37-19-22-6-13-29-27(17-22)28(20-39-29)26-12-11-25(16-21(26)2)36-14-5-15-40(3,34)35/h6-13,16-17,20,30H,5,14-15,18-19H2,1-3H3,(H,32,33)/t30-/m0/s1. The minimum absolute atomic E-state index is 0.0370. The molecule has 1 N–H and O–H groups in total. The fourth-order valence-electron chi connectivity index (χ4n) is 4.39. The second-order valence-electron chi connectivity index (χ2n) is 9.55. The van der Waals surface area contributed by atoms with Crippen molar-refractivity contribution in [1.29, 1.82) is 0 Å². The van der Waals surface area contributed by atoms with Crippen molar-refractivity contribution in [2.75, 3.05) is 18.6 Å². The van der Waals surface area contributed by atoms with E-state index in [2.05, 4.69) is 41.8 Å². The molecule has 1 heterocycles. The summed E-state index contributed by atoms with van der Waals surface area (Å²) in [5, 5.41) is 15.3. The summed E-state index contributed by atoms with van der Waals surface area (Å²) in [5.74, 6) is 0.734. The lowest BCUT2D eigenvalue weighted by molar-refractivity contribution is -0.137. The molecule has 9 heteroatoms. The smallest absolute Gasteiger partial charge is 0.305 e. The molecular weight excluding hydrogens is 565 g/mol. The average Bonchev–Trinajstić information content (AvgIpc) is 3.32. The highest BCUT2D eigenvalue weighted by atomic mass is 32.2. The number of carbonyl (C=O) groups is 1. The first-order valence-corrected chi connectivity index (χ1v) is 16.6. The van der Waals surface area contributed by atoms with Gasteiger partial charge in [0.25, 0.3) is 0 Å². The number of aryl methyl sites for hydroxylation is 1. The summed E-state index contributed by atoms with van der Waals surface area (Å²) >= 11 is 3.08. The largest absolute Gasteiger partial charge is 0.494 e. The molecule has 3 aromatic carbocycles. The van der Waals surface area contributed by atoms with Gasteiger partial charge in [-0.1, -0.05) is 29.5 Å². The number of rotatable bonds is 12. The Morgan fingerprint density at radius 2 is 1.77 bits per heavy atom. The summed E-state index contributed by atoms with van der Waals surface area (Å²) in [6.07, 6.45) is 1.73. The zero-order valence-corrected chi connectivity index (χ0v) is 25.1. The molecule has 40 heavy (non-hydrogen) atoms. The van der Waals surface area contributed by atoms with Gasteiger partial charge < -0.3 is 14.6 Å². The number of aliphatic carboxylic acids is 1. The number of carboxylic acid groups (broad SMARTS) is 1. The van der Waals surface area contributed by atoms with Crippen LogP contribution in [0.1, 0.15) is 41.7 Å². The molecule has 210 valence electrons. The Morgan fingerprint density at radius 1 is 1.02 bits per heavy atom. The Hall–Kier alpha value is -3.36. The van der Waals surface area contributed by atoms with Crippen LogP contribution >= 0.6 is 22.5 Å². The van der Waals surface area contributed by atoms with E-state index < -0.39 is 15.8 Å². The van der Waals surface area contributed by atoms with Crippen LogP contribution in [-0.4, -0.2) is 38.1 Å². The van der Waals surface area contributed by atoms with E-state index in [0.29, 0.717) is 19.6 Å². The van der Waals surface area contributed by atoms with Crippen LogP contribution in [-0.2, 0) is 21.2 Å². The third-order valence-corrected chi connectivity index (χ3v) is 9.28. The van der Waals surface area contributed by atoms with E-state index in [1.165, 1.54) is 22.1 Å². The molecule has 0 spiro atoms. The van der Waals surface area contributed by atoms with E-state index in [1.807, 2.05) is 36.4 Å². The predicted molar refractivity (Wildman–Crippen MR) is 165 cm³/mol. The van der Waals surface area contributed by atoms with Crippen LogP contribution in [0, 0.1) is 12.1 Å². The Morgan fingerprint density at radius 3 is 2.45 bits per heavy atom. The van der Waals surface area contributed by atoms with Gasteiger partial charge in [-0.15, -0.1) is 22.5 Å². The number of carboxylic acids is 1. The van der Waals surface area contributed by atoms with Crippen molar-refractivity contribution < 1.29 is 27.8 Å². The molecule has 0 aliphatic heterocycles. The highest BCUT2D eigenvalue weighted by Gasteiger charge is 2.14. The van der Waals surface area contributed by atoms with Gasteiger partial charge in [-0.3, -0.25) is 4.79 Å². The van der Waals surface area contributed by atoms with Crippen molar-refractivity contribution in [1.82, 2.24) is 0 Å². The molecule has 0 fully saturated rings. The zero-order chi connectivity index (χ0) is 28.7. The van der Waals surface area contributed by atoms with E-state index in [9.17, 15) is 18.3 Å². The van der Waals surface area contributed by atoms with Gasteiger partial charge in [0.2, 0.25) is 0 Å². The van der Waals surface area contributed by atoms with Crippen LogP contribution < -0.4 is 9.47 Å². The van der Waals surface area contributed by atoms with Crippen molar-refractivity contribution in [2.45, 2.75) is 38.5 Å².